The predicted octanol–water partition coefficient (Wildman–Crippen LogP) is 4.58. The fourth-order valence-corrected chi connectivity index (χ4v) is 3.03. The van der Waals surface area contributed by atoms with Gasteiger partial charge in [-0.2, -0.15) is 5.10 Å². The van der Waals surface area contributed by atoms with Crippen molar-refractivity contribution in [3.8, 4) is 0 Å². The van der Waals surface area contributed by atoms with Crippen molar-refractivity contribution >= 4 is 34.6 Å². The molecule has 3 aromatic carbocycles. The summed E-state index contributed by atoms with van der Waals surface area (Å²) in [5.41, 5.74) is 4.72. The summed E-state index contributed by atoms with van der Waals surface area (Å²) >= 11 is 0. The first-order chi connectivity index (χ1) is 15.5. The van der Waals surface area contributed by atoms with Crippen molar-refractivity contribution in [3.63, 3.8) is 0 Å². The Kier molecular flexibility index (Phi) is 7.42. The second-order valence-corrected chi connectivity index (χ2v) is 6.94. The normalized spacial score (nSPS) is 11.0. The fourth-order valence-electron chi connectivity index (χ4n) is 3.03. The third-order valence-electron chi connectivity index (χ3n) is 4.67. The van der Waals surface area contributed by atoms with Gasteiger partial charge in [-0.3, -0.25) is 24.6 Å². The molecule has 0 aliphatic carbocycles. The number of hydrogen-bond donors (Lipinski definition) is 1. The number of nitro benzene ring substituents is 1. The monoisotopic (exact) mass is 430 g/mol. The van der Waals surface area contributed by atoms with Crippen LogP contribution in [-0.4, -0.2) is 22.4 Å². The molecule has 0 atom stereocenters. The van der Waals surface area contributed by atoms with Crippen molar-refractivity contribution in [2.75, 3.05) is 4.90 Å². The van der Waals surface area contributed by atoms with Gasteiger partial charge in [-0.1, -0.05) is 48.5 Å². The number of carbonyl (C=O) groups is 2. The van der Waals surface area contributed by atoms with Crippen LogP contribution in [0.25, 0.3) is 0 Å². The molecule has 3 aromatic rings. The average molecular weight is 430 g/mol. The van der Waals surface area contributed by atoms with Crippen LogP contribution in [0, 0.1) is 10.1 Å². The summed E-state index contributed by atoms with van der Waals surface area (Å²) < 4.78 is 0. The Morgan fingerprint density at radius 2 is 1.50 bits per heavy atom. The van der Waals surface area contributed by atoms with Crippen molar-refractivity contribution in [1.29, 1.82) is 0 Å². The lowest BCUT2D eigenvalue weighted by Crippen LogP contribution is -2.28. The minimum atomic E-state index is -0.494. The maximum absolute atomic E-state index is 13.0. The van der Waals surface area contributed by atoms with Gasteiger partial charge in [0.25, 0.3) is 5.69 Å². The highest BCUT2D eigenvalue weighted by molar-refractivity contribution is 6.02. The molecule has 8 heteroatoms. The van der Waals surface area contributed by atoms with Gasteiger partial charge in [-0.15, -0.1) is 0 Å². The molecule has 0 saturated heterocycles. The summed E-state index contributed by atoms with van der Waals surface area (Å²) in [5.74, 6) is -0.652. The lowest BCUT2D eigenvalue weighted by atomic mass is 10.1. The van der Waals surface area contributed by atoms with Crippen molar-refractivity contribution in [1.82, 2.24) is 5.43 Å². The molecule has 0 heterocycles. The van der Waals surface area contributed by atoms with Gasteiger partial charge in [0.1, 0.15) is 0 Å². The van der Waals surface area contributed by atoms with Crippen molar-refractivity contribution in [2.45, 2.75) is 19.8 Å². The van der Waals surface area contributed by atoms with E-state index in [1.54, 1.807) is 24.0 Å². The number of nitrogens with zero attached hydrogens (tertiary/aromatic N) is 3. The molecule has 8 nitrogen and oxygen atoms in total. The Hall–Kier alpha value is -4.33. The van der Waals surface area contributed by atoms with Gasteiger partial charge >= 0.3 is 0 Å². The topological polar surface area (TPSA) is 105 Å². The van der Waals surface area contributed by atoms with Crippen molar-refractivity contribution in [3.05, 3.63) is 101 Å². The van der Waals surface area contributed by atoms with Gasteiger partial charge in [0.05, 0.1) is 10.6 Å². The van der Waals surface area contributed by atoms with Gasteiger partial charge in [-0.25, -0.2) is 5.43 Å². The smallest absolute Gasteiger partial charge is 0.270 e. The highest BCUT2D eigenvalue weighted by Gasteiger charge is 2.18. The van der Waals surface area contributed by atoms with Crippen LogP contribution < -0.4 is 10.3 Å². The van der Waals surface area contributed by atoms with E-state index in [1.165, 1.54) is 12.1 Å². The lowest BCUT2D eigenvalue weighted by molar-refractivity contribution is -0.384. The van der Waals surface area contributed by atoms with Crippen LogP contribution >= 0.6 is 0 Å². The second-order valence-electron chi connectivity index (χ2n) is 6.94. The maximum atomic E-state index is 13.0. The lowest BCUT2D eigenvalue weighted by Gasteiger charge is -2.23. The summed E-state index contributed by atoms with van der Waals surface area (Å²) in [7, 11) is 0. The minimum absolute atomic E-state index is 0.0129. The first-order valence-corrected chi connectivity index (χ1v) is 9.96. The quantitative estimate of drug-likeness (QED) is 0.321. The molecule has 0 aliphatic heterocycles. The van der Waals surface area contributed by atoms with Gasteiger partial charge in [0.15, 0.2) is 0 Å². The van der Waals surface area contributed by atoms with Gasteiger partial charge in [0.2, 0.25) is 11.8 Å². The molecular weight excluding hydrogens is 408 g/mol. The van der Waals surface area contributed by atoms with E-state index in [0.29, 0.717) is 22.6 Å². The van der Waals surface area contributed by atoms with Gasteiger partial charge < -0.3 is 0 Å². The van der Waals surface area contributed by atoms with Crippen LogP contribution in [0.4, 0.5) is 17.1 Å². The molecule has 0 unspecified atom stereocenters. The number of non-ortho nitro benzene ring substituents is 1. The van der Waals surface area contributed by atoms with Crippen molar-refractivity contribution < 1.29 is 14.5 Å². The molecule has 32 heavy (non-hydrogen) atoms. The van der Waals surface area contributed by atoms with E-state index in [1.807, 2.05) is 60.7 Å². The molecule has 0 radical (unpaired) electrons. The SMILES string of the molecule is CC(=NNC(=O)CCC(=O)N(c1ccccc1)c1ccccc1)c1cccc([N+](=O)[O-])c1. The third-order valence-corrected chi connectivity index (χ3v) is 4.67. The van der Waals surface area contributed by atoms with Crippen LogP contribution in [0.5, 0.6) is 0 Å². The van der Waals surface area contributed by atoms with Crippen LogP contribution in [0.1, 0.15) is 25.3 Å². The first kappa shape index (κ1) is 22.4. The molecule has 0 bridgehead atoms. The molecule has 1 N–H and O–H groups in total. The van der Waals surface area contributed by atoms with E-state index in [9.17, 15) is 19.7 Å². The number of nitrogens with one attached hydrogen (secondary N) is 1. The van der Waals surface area contributed by atoms with E-state index < -0.39 is 10.8 Å². The summed E-state index contributed by atoms with van der Waals surface area (Å²) in [6.45, 7) is 1.64. The standard InChI is InChI=1S/C24H22N4O4/c1-18(19-9-8-14-22(17-19)28(31)32)25-26-23(29)15-16-24(30)27(20-10-4-2-5-11-20)21-12-6-3-7-13-21/h2-14,17H,15-16H2,1H3,(H,26,29). The van der Waals surface area contributed by atoms with Crippen LogP contribution in [-0.2, 0) is 9.59 Å². The largest absolute Gasteiger partial charge is 0.281 e. The summed E-state index contributed by atoms with van der Waals surface area (Å²) in [5, 5.41) is 14.9. The molecule has 0 saturated carbocycles. The molecule has 0 fully saturated rings. The molecule has 3 rings (SSSR count). The van der Waals surface area contributed by atoms with E-state index in [2.05, 4.69) is 10.5 Å². The Bertz CT molecular complexity index is 1090. The summed E-state index contributed by atoms with van der Waals surface area (Å²) in [4.78, 5) is 37.2. The zero-order chi connectivity index (χ0) is 22.9. The minimum Gasteiger partial charge on any atom is -0.281 e. The predicted molar refractivity (Wildman–Crippen MR) is 123 cm³/mol. The first-order valence-electron chi connectivity index (χ1n) is 9.96. The highest BCUT2D eigenvalue weighted by Crippen LogP contribution is 2.26. The highest BCUT2D eigenvalue weighted by atomic mass is 16.6. The Morgan fingerprint density at radius 3 is 2.06 bits per heavy atom. The van der Waals surface area contributed by atoms with E-state index >= 15 is 0 Å². The number of rotatable bonds is 8. The summed E-state index contributed by atoms with van der Waals surface area (Å²) in [6.07, 6.45) is -0.0677. The zero-order valence-electron chi connectivity index (χ0n) is 17.5. The molecule has 0 aromatic heterocycles. The molecule has 2 amide bonds. The van der Waals surface area contributed by atoms with Crippen LogP contribution in [0.3, 0.4) is 0 Å². The summed E-state index contributed by atoms with van der Waals surface area (Å²) in [6, 6.07) is 24.4. The van der Waals surface area contributed by atoms with Gasteiger partial charge in [0, 0.05) is 41.9 Å². The van der Waals surface area contributed by atoms with Gasteiger partial charge in [-0.05, 0) is 31.2 Å². The Labute approximate surface area is 185 Å². The number of anilines is 2. The number of nitro groups is 1. The Balaban J connectivity index is 1.64. The number of benzene rings is 3. The fraction of sp³-hybridized carbons (Fsp3) is 0.125. The van der Waals surface area contributed by atoms with Crippen LogP contribution in [0.15, 0.2) is 90.0 Å². The number of hydrazone groups is 1. The number of carbonyl (C=O) groups excluding carboxylic acids is 2. The van der Waals surface area contributed by atoms with Crippen LogP contribution in [0.2, 0.25) is 0 Å². The Morgan fingerprint density at radius 1 is 0.906 bits per heavy atom. The molecule has 162 valence electrons. The average Bonchev–Trinajstić information content (AvgIpc) is 2.82. The number of amides is 2. The van der Waals surface area contributed by atoms with Crippen molar-refractivity contribution in [2.24, 2.45) is 5.10 Å². The molecule has 0 aliphatic rings. The molecule has 0 spiro atoms. The number of para-hydroxylation sites is 2. The third kappa shape index (κ3) is 5.85. The van der Waals surface area contributed by atoms with E-state index in [4.69, 9.17) is 0 Å². The zero-order valence-corrected chi connectivity index (χ0v) is 17.5. The number of hydrogen-bond acceptors (Lipinski definition) is 5. The van der Waals surface area contributed by atoms with E-state index in [0.717, 1.165) is 0 Å². The molecular formula is C24H22N4O4. The second kappa shape index (κ2) is 10.6. The maximum Gasteiger partial charge on any atom is 0.270 e. The van der Waals surface area contributed by atoms with E-state index in [-0.39, 0.29) is 24.4 Å².